The van der Waals surface area contributed by atoms with Crippen molar-refractivity contribution >= 4 is 23.5 Å². The van der Waals surface area contributed by atoms with E-state index >= 15 is 0 Å². The minimum Gasteiger partial charge on any atom is -0.441 e. The van der Waals surface area contributed by atoms with Crippen LogP contribution < -0.4 is 4.90 Å². The van der Waals surface area contributed by atoms with Crippen molar-refractivity contribution in [2.75, 3.05) is 4.90 Å². The minimum atomic E-state index is -0.621. The Labute approximate surface area is 133 Å². The molecule has 5 nitrogen and oxygen atoms in total. The van der Waals surface area contributed by atoms with Crippen molar-refractivity contribution in [3.63, 3.8) is 0 Å². The number of amides is 1. The highest BCUT2D eigenvalue weighted by atomic mass is 35.5. The van der Waals surface area contributed by atoms with Crippen molar-refractivity contribution in [1.82, 2.24) is 9.97 Å². The van der Waals surface area contributed by atoms with Crippen LogP contribution in [0.4, 0.5) is 10.6 Å². The van der Waals surface area contributed by atoms with Crippen LogP contribution in [0.2, 0.25) is 5.28 Å². The largest absolute Gasteiger partial charge is 0.441 e. The van der Waals surface area contributed by atoms with Gasteiger partial charge in [0.1, 0.15) is 11.4 Å². The van der Waals surface area contributed by atoms with Gasteiger partial charge >= 0.3 is 6.09 Å². The first-order valence-electron chi connectivity index (χ1n) is 7.02. The van der Waals surface area contributed by atoms with Crippen LogP contribution in [0.3, 0.4) is 0 Å². The first kappa shape index (κ1) is 14.8. The van der Waals surface area contributed by atoms with Gasteiger partial charge in [0, 0.05) is 6.20 Å². The van der Waals surface area contributed by atoms with Crippen LogP contribution in [0.15, 0.2) is 42.6 Å². The molecule has 1 aliphatic rings. The number of hydrogen-bond acceptors (Lipinski definition) is 4. The van der Waals surface area contributed by atoms with E-state index in [9.17, 15) is 4.79 Å². The first-order chi connectivity index (χ1) is 10.5. The number of benzene rings is 1. The molecule has 22 heavy (non-hydrogen) atoms. The number of ether oxygens (including phenoxy) is 1. The van der Waals surface area contributed by atoms with E-state index in [4.69, 9.17) is 16.3 Å². The number of hydrogen-bond donors (Lipinski definition) is 0. The Morgan fingerprint density at radius 1 is 1.27 bits per heavy atom. The molecule has 6 heteroatoms. The lowest BCUT2D eigenvalue weighted by atomic mass is 9.92. The number of nitrogens with zero attached hydrogens (tertiary/aromatic N) is 3. The molecule has 0 unspecified atom stereocenters. The van der Waals surface area contributed by atoms with Crippen molar-refractivity contribution in [1.29, 1.82) is 0 Å². The lowest BCUT2D eigenvalue weighted by Gasteiger charge is -2.28. The maximum absolute atomic E-state index is 12.3. The lowest BCUT2D eigenvalue weighted by molar-refractivity contribution is 0.0686. The molecule has 1 amide bonds. The summed E-state index contributed by atoms with van der Waals surface area (Å²) < 4.78 is 5.52. The Balaban J connectivity index is 1.97. The second-order valence-corrected chi connectivity index (χ2v) is 6.07. The summed E-state index contributed by atoms with van der Waals surface area (Å²) in [5.41, 5.74) is 0.508. The van der Waals surface area contributed by atoms with E-state index in [-0.39, 0.29) is 11.3 Å². The third-order valence-corrected chi connectivity index (χ3v) is 3.97. The molecule has 0 N–H and O–H groups in total. The average Bonchev–Trinajstić information content (AvgIpc) is 2.69. The van der Waals surface area contributed by atoms with E-state index in [0.29, 0.717) is 12.2 Å². The predicted molar refractivity (Wildman–Crippen MR) is 84.0 cm³/mol. The standard InChI is InChI=1S/C16H16ClN3O2/c1-16(2)12(10-11-6-4-3-5-7-11)20(15(21)22-16)13-8-9-18-14(17)19-13/h3-9,12H,10H2,1-2H3/t12-/m0/s1. The van der Waals surface area contributed by atoms with Gasteiger partial charge in [0.25, 0.3) is 0 Å². The Kier molecular flexibility index (Phi) is 3.74. The van der Waals surface area contributed by atoms with E-state index in [1.165, 1.54) is 6.20 Å². The molecule has 0 radical (unpaired) electrons. The SMILES string of the molecule is CC1(C)OC(=O)N(c2ccnc(Cl)n2)[C@H]1Cc1ccccc1. The van der Waals surface area contributed by atoms with Crippen LogP contribution in [0.5, 0.6) is 0 Å². The quantitative estimate of drug-likeness (QED) is 0.813. The molecule has 1 saturated heterocycles. The molecular weight excluding hydrogens is 302 g/mol. The van der Waals surface area contributed by atoms with Gasteiger partial charge in [0.15, 0.2) is 0 Å². The third-order valence-electron chi connectivity index (χ3n) is 3.79. The monoisotopic (exact) mass is 317 g/mol. The zero-order valence-electron chi connectivity index (χ0n) is 12.4. The van der Waals surface area contributed by atoms with Crippen LogP contribution in [-0.2, 0) is 11.2 Å². The van der Waals surface area contributed by atoms with E-state index in [2.05, 4.69) is 9.97 Å². The average molecular weight is 318 g/mol. The molecule has 0 aliphatic carbocycles. The minimum absolute atomic E-state index is 0.105. The van der Waals surface area contributed by atoms with Gasteiger partial charge in [0.05, 0.1) is 6.04 Å². The molecule has 0 bridgehead atoms. The molecule has 114 valence electrons. The zero-order chi connectivity index (χ0) is 15.7. The molecule has 1 atom stereocenters. The summed E-state index contributed by atoms with van der Waals surface area (Å²) in [6.07, 6.45) is 1.78. The van der Waals surface area contributed by atoms with Crippen LogP contribution in [0, 0.1) is 0 Å². The Bertz CT molecular complexity index is 691. The summed E-state index contributed by atoms with van der Waals surface area (Å²) in [5, 5.41) is 0.105. The van der Waals surface area contributed by atoms with Gasteiger partial charge < -0.3 is 4.74 Å². The number of carbonyl (C=O) groups is 1. The number of cyclic esters (lactones) is 1. The number of carbonyl (C=O) groups excluding carboxylic acids is 1. The van der Waals surface area contributed by atoms with Gasteiger partial charge in [-0.2, -0.15) is 0 Å². The Hall–Kier alpha value is -2.14. The second kappa shape index (κ2) is 5.57. The smallest absolute Gasteiger partial charge is 0.416 e. The summed E-state index contributed by atoms with van der Waals surface area (Å²) in [5.74, 6) is 0.455. The first-order valence-corrected chi connectivity index (χ1v) is 7.40. The van der Waals surface area contributed by atoms with Crippen LogP contribution in [-0.4, -0.2) is 27.7 Å². The zero-order valence-corrected chi connectivity index (χ0v) is 13.1. The summed E-state index contributed by atoms with van der Waals surface area (Å²) >= 11 is 5.85. The molecule has 0 spiro atoms. The fourth-order valence-corrected chi connectivity index (χ4v) is 2.81. The van der Waals surface area contributed by atoms with Gasteiger partial charge in [-0.15, -0.1) is 0 Å². The van der Waals surface area contributed by atoms with E-state index in [1.807, 2.05) is 44.2 Å². The molecule has 1 aromatic carbocycles. The Morgan fingerprint density at radius 3 is 2.68 bits per heavy atom. The predicted octanol–water partition coefficient (Wildman–Crippen LogP) is 3.48. The summed E-state index contributed by atoms with van der Waals surface area (Å²) in [6, 6.07) is 11.5. The Morgan fingerprint density at radius 2 is 2.00 bits per heavy atom. The number of halogens is 1. The van der Waals surface area contributed by atoms with Gasteiger partial charge in [-0.05, 0) is 43.5 Å². The van der Waals surface area contributed by atoms with Crippen molar-refractivity contribution in [3.05, 3.63) is 53.4 Å². The highest BCUT2D eigenvalue weighted by Crippen LogP contribution is 2.34. The van der Waals surface area contributed by atoms with Gasteiger partial charge in [0.2, 0.25) is 5.28 Å². The highest BCUT2D eigenvalue weighted by Gasteiger charge is 2.48. The molecule has 2 heterocycles. The maximum Gasteiger partial charge on any atom is 0.416 e. The summed E-state index contributed by atoms with van der Waals surface area (Å²) in [6.45, 7) is 3.81. The molecule has 1 aromatic heterocycles. The molecule has 2 aromatic rings. The summed E-state index contributed by atoms with van der Waals surface area (Å²) in [7, 11) is 0. The fraction of sp³-hybridized carbons (Fsp3) is 0.312. The van der Waals surface area contributed by atoms with Crippen molar-refractivity contribution in [3.8, 4) is 0 Å². The highest BCUT2D eigenvalue weighted by molar-refractivity contribution is 6.28. The van der Waals surface area contributed by atoms with Crippen LogP contribution in [0.1, 0.15) is 19.4 Å². The molecular formula is C16H16ClN3O2. The van der Waals surface area contributed by atoms with Gasteiger partial charge in [-0.1, -0.05) is 30.3 Å². The topological polar surface area (TPSA) is 55.3 Å². The number of aromatic nitrogens is 2. The van der Waals surface area contributed by atoms with Crippen LogP contribution in [0.25, 0.3) is 0 Å². The van der Waals surface area contributed by atoms with Gasteiger partial charge in [-0.25, -0.2) is 14.8 Å². The second-order valence-electron chi connectivity index (χ2n) is 5.73. The van der Waals surface area contributed by atoms with E-state index in [1.54, 1.807) is 11.0 Å². The third kappa shape index (κ3) is 2.76. The van der Waals surface area contributed by atoms with E-state index < -0.39 is 11.7 Å². The van der Waals surface area contributed by atoms with Crippen molar-refractivity contribution in [2.45, 2.75) is 31.9 Å². The van der Waals surface area contributed by atoms with E-state index in [0.717, 1.165) is 5.56 Å². The maximum atomic E-state index is 12.3. The molecule has 1 aliphatic heterocycles. The normalized spacial score (nSPS) is 20.0. The number of anilines is 1. The van der Waals surface area contributed by atoms with Gasteiger partial charge in [-0.3, -0.25) is 4.90 Å². The summed E-state index contributed by atoms with van der Waals surface area (Å²) in [4.78, 5) is 21.9. The number of rotatable bonds is 3. The van der Waals surface area contributed by atoms with Crippen LogP contribution >= 0.6 is 11.6 Å². The molecule has 3 rings (SSSR count). The fourth-order valence-electron chi connectivity index (χ4n) is 2.67. The molecule has 1 fully saturated rings. The lowest BCUT2D eigenvalue weighted by Crippen LogP contribution is -2.43. The van der Waals surface area contributed by atoms with Crippen molar-refractivity contribution in [2.24, 2.45) is 0 Å². The molecule has 0 saturated carbocycles. The van der Waals surface area contributed by atoms with Crippen molar-refractivity contribution < 1.29 is 9.53 Å².